The Hall–Kier alpha value is -3.55. The fourth-order valence-electron chi connectivity index (χ4n) is 2.77. The predicted molar refractivity (Wildman–Crippen MR) is 110 cm³/mol. The van der Waals surface area contributed by atoms with Gasteiger partial charge in [0.25, 0.3) is 5.91 Å². The highest BCUT2D eigenvalue weighted by molar-refractivity contribution is 6.02. The molecule has 158 valence electrons. The fourth-order valence-corrected chi connectivity index (χ4v) is 2.77. The van der Waals surface area contributed by atoms with Crippen LogP contribution in [0.15, 0.2) is 42.5 Å². The monoisotopic (exact) mass is 412 g/mol. The number of rotatable bonds is 4. The summed E-state index contributed by atoms with van der Waals surface area (Å²) in [6.45, 7) is 6.52. The molecule has 0 saturated heterocycles. The molecule has 0 saturated carbocycles. The summed E-state index contributed by atoms with van der Waals surface area (Å²) in [7, 11) is 0. The van der Waals surface area contributed by atoms with Crippen LogP contribution >= 0.6 is 0 Å². The first kappa shape index (κ1) is 21.2. The number of carbonyl (C=O) groups is 3. The van der Waals surface area contributed by atoms with Crippen LogP contribution in [0.4, 0.5) is 10.5 Å². The van der Waals surface area contributed by atoms with Gasteiger partial charge in [0.15, 0.2) is 18.1 Å². The summed E-state index contributed by atoms with van der Waals surface area (Å²) in [6.07, 6.45) is 0. The van der Waals surface area contributed by atoms with Crippen LogP contribution in [-0.4, -0.2) is 37.7 Å². The molecule has 0 radical (unpaired) electrons. The molecule has 0 atom stereocenters. The van der Waals surface area contributed by atoms with Gasteiger partial charge in [0.2, 0.25) is 0 Å². The number of nitrogens with one attached hydrogen (secondary N) is 2. The van der Waals surface area contributed by atoms with E-state index >= 15 is 0 Å². The van der Waals surface area contributed by atoms with Gasteiger partial charge in [-0.15, -0.1) is 0 Å². The molecule has 0 aliphatic carbocycles. The van der Waals surface area contributed by atoms with E-state index in [1.165, 1.54) is 0 Å². The Morgan fingerprint density at radius 2 is 1.63 bits per heavy atom. The van der Waals surface area contributed by atoms with E-state index in [2.05, 4.69) is 31.4 Å². The van der Waals surface area contributed by atoms with Crippen LogP contribution in [0.5, 0.6) is 11.5 Å². The van der Waals surface area contributed by atoms with Gasteiger partial charge in [-0.25, -0.2) is 9.59 Å². The Labute approximate surface area is 174 Å². The SMILES string of the molecule is CC(C)(C)c1ccc(C(=O)OCC(=O)NC(=O)Nc2ccc3c(c2)OCCO3)cc1. The molecule has 3 amide bonds. The van der Waals surface area contributed by atoms with Gasteiger partial charge < -0.3 is 19.5 Å². The van der Waals surface area contributed by atoms with Gasteiger partial charge in [-0.2, -0.15) is 0 Å². The van der Waals surface area contributed by atoms with Gasteiger partial charge in [-0.1, -0.05) is 32.9 Å². The Balaban J connectivity index is 1.47. The molecule has 0 unspecified atom stereocenters. The first-order chi connectivity index (χ1) is 14.2. The molecule has 8 heteroatoms. The van der Waals surface area contributed by atoms with Crippen LogP contribution in [0.25, 0.3) is 0 Å². The zero-order valence-corrected chi connectivity index (χ0v) is 17.1. The minimum absolute atomic E-state index is 0.0348. The molecule has 1 heterocycles. The van der Waals surface area contributed by atoms with Crippen LogP contribution in [0.1, 0.15) is 36.7 Å². The van der Waals surface area contributed by atoms with Crippen molar-refractivity contribution in [1.29, 1.82) is 0 Å². The first-order valence-corrected chi connectivity index (χ1v) is 9.50. The second kappa shape index (κ2) is 8.86. The second-order valence-corrected chi connectivity index (χ2v) is 7.76. The maximum Gasteiger partial charge on any atom is 0.338 e. The van der Waals surface area contributed by atoms with Gasteiger partial charge >= 0.3 is 12.0 Å². The third-order valence-corrected chi connectivity index (χ3v) is 4.37. The van der Waals surface area contributed by atoms with Gasteiger partial charge in [0, 0.05) is 11.8 Å². The molecule has 2 N–H and O–H groups in total. The van der Waals surface area contributed by atoms with Gasteiger partial charge in [0.05, 0.1) is 5.56 Å². The van der Waals surface area contributed by atoms with Crippen LogP contribution in [0, 0.1) is 0 Å². The van der Waals surface area contributed by atoms with E-state index in [1.807, 2.05) is 12.1 Å². The third-order valence-electron chi connectivity index (χ3n) is 4.37. The summed E-state index contributed by atoms with van der Waals surface area (Å²) >= 11 is 0. The number of urea groups is 1. The number of esters is 1. The van der Waals surface area contributed by atoms with Crippen molar-refractivity contribution in [2.24, 2.45) is 0 Å². The zero-order chi connectivity index (χ0) is 21.7. The molecule has 0 fully saturated rings. The van der Waals surface area contributed by atoms with E-state index < -0.39 is 24.5 Å². The van der Waals surface area contributed by atoms with Crippen molar-refractivity contribution in [3.05, 3.63) is 53.6 Å². The summed E-state index contributed by atoms with van der Waals surface area (Å²) in [5, 5.41) is 4.62. The largest absolute Gasteiger partial charge is 0.486 e. The summed E-state index contributed by atoms with van der Waals surface area (Å²) in [6, 6.07) is 11.1. The van der Waals surface area contributed by atoms with E-state index in [9.17, 15) is 14.4 Å². The molecule has 0 spiro atoms. The number of ether oxygens (including phenoxy) is 3. The number of anilines is 1. The lowest BCUT2D eigenvalue weighted by atomic mass is 9.87. The highest BCUT2D eigenvalue weighted by Crippen LogP contribution is 2.32. The number of benzene rings is 2. The number of imide groups is 1. The molecule has 0 bridgehead atoms. The van der Waals surface area contributed by atoms with E-state index in [4.69, 9.17) is 14.2 Å². The fraction of sp³-hybridized carbons (Fsp3) is 0.318. The molecule has 2 aromatic rings. The van der Waals surface area contributed by atoms with Crippen molar-refractivity contribution in [3.8, 4) is 11.5 Å². The number of hydrogen-bond donors (Lipinski definition) is 2. The lowest BCUT2D eigenvalue weighted by Gasteiger charge is -2.19. The number of amides is 3. The van der Waals surface area contributed by atoms with Crippen molar-refractivity contribution in [1.82, 2.24) is 5.32 Å². The van der Waals surface area contributed by atoms with Gasteiger partial charge in [0.1, 0.15) is 13.2 Å². The Morgan fingerprint density at radius 3 is 2.30 bits per heavy atom. The molecule has 8 nitrogen and oxygen atoms in total. The highest BCUT2D eigenvalue weighted by atomic mass is 16.6. The van der Waals surface area contributed by atoms with Crippen LogP contribution in [-0.2, 0) is 14.9 Å². The standard InChI is InChI=1S/C22H24N2O6/c1-22(2,3)15-6-4-14(5-7-15)20(26)30-13-19(25)24-21(27)23-16-8-9-17-18(12-16)29-11-10-28-17/h4-9,12H,10-11,13H2,1-3H3,(H2,23,24,25,27). The molecule has 0 aromatic heterocycles. The minimum atomic E-state index is -0.748. The normalized spacial score (nSPS) is 12.6. The molecule has 2 aromatic carbocycles. The van der Waals surface area contributed by atoms with Crippen LogP contribution in [0.2, 0.25) is 0 Å². The molecule has 30 heavy (non-hydrogen) atoms. The third kappa shape index (κ3) is 5.50. The molecular formula is C22H24N2O6. The van der Waals surface area contributed by atoms with E-state index in [0.717, 1.165) is 5.56 Å². The lowest BCUT2D eigenvalue weighted by Crippen LogP contribution is -2.37. The van der Waals surface area contributed by atoms with Crippen molar-refractivity contribution in [3.63, 3.8) is 0 Å². The summed E-state index contributed by atoms with van der Waals surface area (Å²) in [5.74, 6) is -0.287. The van der Waals surface area contributed by atoms with Crippen molar-refractivity contribution in [2.75, 3.05) is 25.1 Å². The average molecular weight is 412 g/mol. The van der Waals surface area contributed by atoms with Gasteiger partial charge in [-0.3, -0.25) is 10.1 Å². The number of fused-ring (bicyclic) bond motifs is 1. The maximum atomic E-state index is 12.1. The minimum Gasteiger partial charge on any atom is -0.486 e. The number of carbonyl (C=O) groups excluding carboxylic acids is 3. The Morgan fingerprint density at radius 1 is 0.967 bits per heavy atom. The average Bonchev–Trinajstić information content (AvgIpc) is 2.71. The van der Waals surface area contributed by atoms with Crippen molar-refractivity contribution < 1.29 is 28.6 Å². The van der Waals surface area contributed by atoms with E-state index in [1.54, 1.807) is 30.3 Å². The summed E-state index contributed by atoms with van der Waals surface area (Å²) in [5.41, 5.74) is 1.80. The van der Waals surface area contributed by atoms with Crippen molar-refractivity contribution >= 4 is 23.6 Å². The highest BCUT2D eigenvalue weighted by Gasteiger charge is 2.17. The van der Waals surface area contributed by atoms with E-state index in [-0.39, 0.29) is 5.41 Å². The molecule has 3 rings (SSSR count). The predicted octanol–water partition coefficient (Wildman–Crippen LogP) is 3.26. The topological polar surface area (TPSA) is 103 Å². The number of hydrogen-bond acceptors (Lipinski definition) is 6. The van der Waals surface area contributed by atoms with Crippen LogP contribution in [0.3, 0.4) is 0 Å². The smallest absolute Gasteiger partial charge is 0.338 e. The quantitative estimate of drug-likeness (QED) is 0.748. The maximum absolute atomic E-state index is 12.1. The zero-order valence-electron chi connectivity index (χ0n) is 17.1. The molecule has 1 aliphatic heterocycles. The van der Waals surface area contributed by atoms with Gasteiger partial charge in [-0.05, 0) is 35.2 Å². The molecule has 1 aliphatic rings. The lowest BCUT2D eigenvalue weighted by molar-refractivity contribution is -0.123. The summed E-state index contributed by atoms with van der Waals surface area (Å²) in [4.78, 5) is 36.0. The Kier molecular flexibility index (Phi) is 6.25. The molecular weight excluding hydrogens is 388 g/mol. The second-order valence-electron chi connectivity index (χ2n) is 7.76. The first-order valence-electron chi connectivity index (χ1n) is 9.50. The van der Waals surface area contributed by atoms with Crippen molar-refractivity contribution in [2.45, 2.75) is 26.2 Å². The van der Waals surface area contributed by atoms with Crippen LogP contribution < -0.4 is 20.1 Å². The Bertz CT molecular complexity index is 947. The summed E-state index contributed by atoms with van der Waals surface area (Å²) < 4.78 is 15.8. The van der Waals surface area contributed by atoms with E-state index in [0.29, 0.717) is 36.0 Å².